The second kappa shape index (κ2) is 8.47. The van der Waals surface area contributed by atoms with Crippen LogP contribution in [0.2, 0.25) is 0 Å². The molecule has 4 aromatic rings. The molecule has 2 N–H and O–H groups in total. The van der Waals surface area contributed by atoms with Crippen molar-refractivity contribution < 1.29 is 4.74 Å². The van der Waals surface area contributed by atoms with Crippen molar-refractivity contribution >= 4 is 17.5 Å². The monoisotopic (exact) mass is 412 g/mol. The Bertz CT molecular complexity index is 1140. The van der Waals surface area contributed by atoms with Gasteiger partial charge in [0, 0.05) is 18.0 Å². The Hall–Kier alpha value is -3.87. The normalized spacial score (nSPS) is 14.1. The summed E-state index contributed by atoms with van der Waals surface area (Å²) in [5, 5.41) is 11.4. The predicted molar refractivity (Wildman–Crippen MR) is 121 cm³/mol. The molecule has 0 radical (unpaired) electrons. The third-order valence-electron chi connectivity index (χ3n) is 5.40. The van der Waals surface area contributed by atoms with Crippen molar-refractivity contribution in [2.75, 3.05) is 17.7 Å². The fourth-order valence-electron chi connectivity index (χ4n) is 3.61. The van der Waals surface area contributed by atoms with Gasteiger partial charge < -0.3 is 15.4 Å². The quantitative estimate of drug-likeness (QED) is 0.425. The van der Waals surface area contributed by atoms with Gasteiger partial charge in [-0.1, -0.05) is 30.3 Å². The van der Waals surface area contributed by atoms with Gasteiger partial charge in [-0.3, -0.25) is 0 Å². The molecule has 0 amide bonds. The van der Waals surface area contributed by atoms with Crippen LogP contribution in [-0.4, -0.2) is 26.9 Å². The highest BCUT2D eigenvalue weighted by atomic mass is 16.5. The molecule has 1 unspecified atom stereocenters. The summed E-state index contributed by atoms with van der Waals surface area (Å²) in [4.78, 5) is 8.90. The second-order valence-corrected chi connectivity index (χ2v) is 7.64. The van der Waals surface area contributed by atoms with Gasteiger partial charge >= 0.3 is 0 Å². The summed E-state index contributed by atoms with van der Waals surface area (Å²) in [6, 6.07) is 22.3. The molecular formula is C24H24N6O. The number of hydrogen-bond donors (Lipinski definition) is 2. The largest absolute Gasteiger partial charge is 0.497 e. The smallest absolute Gasteiger partial charge is 0.246 e. The van der Waals surface area contributed by atoms with Crippen molar-refractivity contribution in [3.05, 3.63) is 84.8 Å². The number of benzene rings is 2. The van der Waals surface area contributed by atoms with Crippen LogP contribution in [0.4, 0.5) is 17.5 Å². The van der Waals surface area contributed by atoms with Gasteiger partial charge in [0.2, 0.25) is 5.95 Å². The van der Waals surface area contributed by atoms with E-state index < -0.39 is 0 Å². The van der Waals surface area contributed by atoms with E-state index >= 15 is 0 Å². The third-order valence-corrected chi connectivity index (χ3v) is 5.40. The van der Waals surface area contributed by atoms with Crippen molar-refractivity contribution in [3.63, 3.8) is 0 Å². The number of anilines is 3. The third kappa shape index (κ3) is 4.50. The molecule has 1 atom stereocenters. The first-order valence-electron chi connectivity index (χ1n) is 10.4. The Labute approximate surface area is 181 Å². The zero-order chi connectivity index (χ0) is 21.0. The first-order valence-corrected chi connectivity index (χ1v) is 10.4. The molecule has 2 aromatic carbocycles. The molecule has 0 spiro atoms. The topological polar surface area (TPSA) is 76.9 Å². The van der Waals surface area contributed by atoms with Gasteiger partial charge in [-0.15, -0.1) is 5.10 Å². The van der Waals surface area contributed by atoms with Gasteiger partial charge in [0.1, 0.15) is 17.9 Å². The molecule has 1 aliphatic carbocycles. The predicted octanol–water partition coefficient (Wildman–Crippen LogP) is 4.98. The lowest BCUT2D eigenvalue weighted by atomic mass is 10.0. The molecule has 2 aromatic heterocycles. The molecule has 0 aliphatic heterocycles. The van der Waals surface area contributed by atoms with Gasteiger partial charge in [0.15, 0.2) is 0 Å². The summed E-state index contributed by atoms with van der Waals surface area (Å²) in [6.45, 7) is 0. The van der Waals surface area contributed by atoms with E-state index in [1.807, 2.05) is 54.6 Å². The minimum absolute atomic E-state index is 0.222. The van der Waals surface area contributed by atoms with Crippen LogP contribution in [0.3, 0.4) is 0 Å². The van der Waals surface area contributed by atoms with Gasteiger partial charge in [0.25, 0.3) is 0 Å². The number of para-hydroxylation sites is 1. The first-order chi connectivity index (χ1) is 15.3. The average molecular weight is 412 g/mol. The summed E-state index contributed by atoms with van der Waals surface area (Å²) in [6.07, 6.45) is 5.94. The highest BCUT2D eigenvalue weighted by molar-refractivity contribution is 5.53. The number of pyridine rings is 1. The van der Waals surface area contributed by atoms with E-state index in [9.17, 15) is 0 Å². The number of methoxy groups -OCH3 is 1. The highest BCUT2D eigenvalue weighted by Crippen LogP contribution is 2.43. The van der Waals surface area contributed by atoms with Crippen LogP contribution in [0.5, 0.6) is 5.75 Å². The van der Waals surface area contributed by atoms with Gasteiger partial charge in [-0.05, 0) is 54.7 Å². The van der Waals surface area contributed by atoms with Crippen molar-refractivity contribution in [3.8, 4) is 11.4 Å². The molecule has 5 rings (SSSR count). The number of hydrogen-bond acceptors (Lipinski definition) is 6. The number of nitrogens with one attached hydrogen (secondary N) is 2. The summed E-state index contributed by atoms with van der Waals surface area (Å²) in [5.41, 5.74) is 3.09. The minimum atomic E-state index is 0.222. The Balaban J connectivity index is 1.33. The molecule has 2 heterocycles. The molecule has 7 nitrogen and oxygen atoms in total. The molecule has 156 valence electrons. The summed E-state index contributed by atoms with van der Waals surface area (Å²) >= 11 is 0. The van der Waals surface area contributed by atoms with Gasteiger partial charge in [-0.25, -0.2) is 9.67 Å². The van der Waals surface area contributed by atoms with Crippen molar-refractivity contribution in [2.45, 2.75) is 18.9 Å². The van der Waals surface area contributed by atoms with Crippen LogP contribution in [0.1, 0.15) is 24.4 Å². The van der Waals surface area contributed by atoms with E-state index in [0.29, 0.717) is 11.9 Å². The fraction of sp³-hybridized carbons (Fsp3) is 0.208. The minimum Gasteiger partial charge on any atom is -0.497 e. The van der Waals surface area contributed by atoms with E-state index in [0.717, 1.165) is 22.9 Å². The summed E-state index contributed by atoms with van der Waals surface area (Å²) in [5.74, 6) is 2.85. The second-order valence-electron chi connectivity index (χ2n) is 7.64. The molecule has 1 saturated carbocycles. The molecular weight excluding hydrogens is 388 g/mol. The lowest BCUT2D eigenvalue weighted by Crippen LogP contribution is -2.14. The number of ether oxygens (including phenoxy) is 1. The van der Waals surface area contributed by atoms with E-state index in [2.05, 4.69) is 37.8 Å². The maximum atomic E-state index is 5.29. The van der Waals surface area contributed by atoms with E-state index in [1.54, 1.807) is 24.3 Å². The Kier molecular flexibility index (Phi) is 5.22. The standard InChI is InChI=1S/C24H24N6O/c1-31-21-11-9-18(10-12-21)23(17-7-8-17)28-22-15-20(13-14-25-22)30-16-26-24(29-30)27-19-5-3-2-4-6-19/h2-6,9-17,23H,7-8H2,1H3,(H,25,28)(H,27,29). The van der Waals surface area contributed by atoms with Crippen LogP contribution in [-0.2, 0) is 0 Å². The molecule has 1 aliphatic rings. The number of nitrogens with zero attached hydrogens (tertiary/aromatic N) is 4. The number of rotatable bonds is 8. The van der Waals surface area contributed by atoms with E-state index in [-0.39, 0.29) is 6.04 Å². The molecule has 1 fully saturated rings. The summed E-state index contributed by atoms with van der Waals surface area (Å²) in [7, 11) is 1.69. The molecule has 7 heteroatoms. The lowest BCUT2D eigenvalue weighted by molar-refractivity contribution is 0.414. The van der Waals surface area contributed by atoms with Crippen molar-refractivity contribution in [1.29, 1.82) is 0 Å². The van der Waals surface area contributed by atoms with Crippen LogP contribution in [0.15, 0.2) is 79.3 Å². The highest BCUT2D eigenvalue weighted by Gasteiger charge is 2.32. The molecule has 0 bridgehead atoms. The van der Waals surface area contributed by atoms with Crippen molar-refractivity contribution in [2.24, 2.45) is 5.92 Å². The number of aromatic nitrogens is 4. The maximum Gasteiger partial charge on any atom is 0.246 e. The van der Waals surface area contributed by atoms with Crippen LogP contribution >= 0.6 is 0 Å². The van der Waals surface area contributed by atoms with E-state index in [1.165, 1.54) is 18.4 Å². The zero-order valence-electron chi connectivity index (χ0n) is 17.3. The Morgan fingerprint density at radius 2 is 1.81 bits per heavy atom. The first kappa shape index (κ1) is 19.1. The van der Waals surface area contributed by atoms with Crippen LogP contribution < -0.4 is 15.4 Å². The summed E-state index contributed by atoms with van der Waals surface area (Å²) < 4.78 is 7.04. The van der Waals surface area contributed by atoms with Gasteiger partial charge in [-0.2, -0.15) is 4.98 Å². The zero-order valence-corrected chi connectivity index (χ0v) is 17.3. The van der Waals surface area contributed by atoms with Crippen molar-refractivity contribution in [1.82, 2.24) is 19.7 Å². The lowest BCUT2D eigenvalue weighted by Gasteiger charge is -2.20. The molecule has 31 heavy (non-hydrogen) atoms. The van der Waals surface area contributed by atoms with Crippen LogP contribution in [0, 0.1) is 5.92 Å². The van der Waals surface area contributed by atoms with Crippen LogP contribution in [0.25, 0.3) is 5.69 Å². The SMILES string of the molecule is COc1ccc(C(Nc2cc(-n3cnc(Nc4ccccc4)n3)ccn2)C2CC2)cc1. The Morgan fingerprint density at radius 3 is 2.55 bits per heavy atom. The maximum absolute atomic E-state index is 5.29. The molecule has 0 saturated heterocycles. The van der Waals surface area contributed by atoms with Gasteiger partial charge in [0.05, 0.1) is 18.8 Å². The fourth-order valence-corrected chi connectivity index (χ4v) is 3.61. The average Bonchev–Trinajstić information content (AvgIpc) is 3.56. The van der Waals surface area contributed by atoms with E-state index in [4.69, 9.17) is 4.74 Å². The Morgan fingerprint density at radius 1 is 1.00 bits per heavy atom.